The van der Waals surface area contributed by atoms with E-state index in [4.69, 9.17) is 0 Å². The summed E-state index contributed by atoms with van der Waals surface area (Å²) in [6, 6.07) is -0.357. The summed E-state index contributed by atoms with van der Waals surface area (Å²) in [5.74, 6) is 2.36. The zero-order valence-corrected chi connectivity index (χ0v) is 16.0. The van der Waals surface area contributed by atoms with Crippen LogP contribution in [0.2, 0.25) is 0 Å². The van der Waals surface area contributed by atoms with Crippen LogP contribution in [0.15, 0.2) is 0 Å². The number of piperazine rings is 1. The summed E-state index contributed by atoms with van der Waals surface area (Å²) in [6.45, 7) is 3.74. The molecule has 148 valence electrons. The number of amides is 2. The molecule has 0 radical (unpaired) electrons. The quantitative estimate of drug-likeness (QED) is 0.761. The Morgan fingerprint density at radius 3 is 2.85 bits per heavy atom. The highest BCUT2D eigenvalue weighted by atomic mass is 16.2. The lowest BCUT2D eigenvalue weighted by atomic mass is 9.88. The molecular formula is C19H30N6O2. The number of nitrogens with one attached hydrogen (secondary N) is 2. The molecule has 27 heavy (non-hydrogen) atoms. The highest BCUT2D eigenvalue weighted by molar-refractivity contribution is 5.88. The highest BCUT2D eigenvalue weighted by Gasteiger charge is 2.33. The first-order chi connectivity index (χ1) is 13.2. The summed E-state index contributed by atoms with van der Waals surface area (Å²) in [4.78, 5) is 27.1. The maximum atomic E-state index is 12.5. The first-order valence-corrected chi connectivity index (χ1v) is 10.4. The number of fused-ring (bicyclic) bond motifs is 1. The number of aromatic nitrogens is 3. The summed E-state index contributed by atoms with van der Waals surface area (Å²) in [6.07, 6.45) is 8.65. The van der Waals surface area contributed by atoms with Gasteiger partial charge in [-0.2, -0.15) is 0 Å². The Hall–Kier alpha value is -1.96. The van der Waals surface area contributed by atoms with Crippen LogP contribution in [-0.4, -0.2) is 57.2 Å². The van der Waals surface area contributed by atoms with Crippen LogP contribution in [0.1, 0.15) is 56.6 Å². The fraction of sp³-hybridized carbons (Fsp3) is 0.789. The standard InChI is InChI=1S/C19H30N6O2/c26-18(21-12-17-23-22-16-7-4-9-25(16)17)11-15-19(27)20-8-10-24(15)13-14-5-2-1-3-6-14/h14-15H,1-13H2,(H,20,27)(H,21,26). The fourth-order valence-electron chi connectivity index (χ4n) is 4.67. The molecule has 4 rings (SSSR count). The number of carbonyl (C=O) groups is 2. The molecule has 2 fully saturated rings. The van der Waals surface area contributed by atoms with Gasteiger partial charge in [0.05, 0.1) is 19.0 Å². The van der Waals surface area contributed by atoms with Crippen LogP contribution < -0.4 is 10.6 Å². The Morgan fingerprint density at radius 1 is 1.15 bits per heavy atom. The van der Waals surface area contributed by atoms with Crippen LogP contribution in [-0.2, 0) is 29.1 Å². The molecule has 2 N–H and O–H groups in total. The van der Waals surface area contributed by atoms with E-state index in [1.807, 2.05) is 0 Å². The molecule has 1 aromatic rings. The molecule has 2 aliphatic heterocycles. The van der Waals surface area contributed by atoms with Gasteiger partial charge >= 0.3 is 0 Å². The highest BCUT2D eigenvalue weighted by Crippen LogP contribution is 2.25. The van der Waals surface area contributed by atoms with Crippen molar-refractivity contribution in [2.75, 3.05) is 19.6 Å². The van der Waals surface area contributed by atoms with Gasteiger partial charge in [-0.3, -0.25) is 14.5 Å². The van der Waals surface area contributed by atoms with E-state index in [9.17, 15) is 9.59 Å². The summed E-state index contributed by atoms with van der Waals surface area (Å²) in [5.41, 5.74) is 0. The van der Waals surface area contributed by atoms with Crippen molar-refractivity contribution in [3.05, 3.63) is 11.6 Å². The Labute approximate surface area is 160 Å². The van der Waals surface area contributed by atoms with E-state index in [1.54, 1.807) is 0 Å². The maximum Gasteiger partial charge on any atom is 0.237 e. The number of hydrogen-bond acceptors (Lipinski definition) is 5. The fourth-order valence-corrected chi connectivity index (χ4v) is 4.67. The lowest BCUT2D eigenvalue weighted by Gasteiger charge is -2.37. The normalized spacial score (nSPS) is 23.9. The van der Waals surface area contributed by atoms with Gasteiger partial charge < -0.3 is 15.2 Å². The SMILES string of the molecule is O=C(CC1C(=O)NCCN1CC1CCCCC1)NCc1nnc2n1CCC2. The van der Waals surface area contributed by atoms with E-state index < -0.39 is 0 Å². The Morgan fingerprint density at radius 2 is 2.00 bits per heavy atom. The number of carbonyl (C=O) groups excluding carboxylic acids is 2. The average molecular weight is 374 g/mol. The van der Waals surface area contributed by atoms with Gasteiger partial charge in [0.25, 0.3) is 0 Å². The predicted octanol–water partition coefficient (Wildman–Crippen LogP) is 0.611. The second-order valence-electron chi connectivity index (χ2n) is 8.07. The third-order valence-corrected chi connectivity index (χ3v) is 6.17. The molecule has 8 heteroatoms. The minimum Gasteiger partial charge on any atom is -0.353 e. The first kappa shape index (κ1) is 18.4. The molecule has 0 spiro atoms. The van der Waals surface area contributed by atoms with Crippen molar-refractivity contribution in [2.45, 2.75) is 70.5 Å². The van der Waals surface area contributed by atoms with Crippen LogP contribution in [0.4, 0.5) is 0 Å². The zero-order valence-electron chi connectivity index (χ0n) is 16.0. The van der Waals surface area contributed by atoms with Crippen LogP contribution in [0, 0.1) is 5.92 Å². The summed E-state index contributed by atoms with van der Waals surface area (Å²) < 4.78 is 2.09. The van der Waals surface area contributed by atoms with Crippen molar-refractivity contribution in [2.24, 2.45) is 5.92 Å². The number of rotatable bonds is 6. The molecule has 1 atom stereocenters. The molecule has 8 nitrogen and oxygen atoms in total. The van der Waals surface area contributed by atoms with Gasteiger partial charge in [-0.1, -0.05) is 19.3 Å². The van der Waals surface area contributed by atoms with E-state index in [0.29, 0.717) is 19.0 Å². The second kappa shape index (κ2) is 8.37. The lowest BCUT2D eigenvalue weighted by Crippen LogP contribution is -2.57. The molecule has 1 unspecified atom stereocenters. The van der Waals surface area contributed by atoms with Crippen LogP contribution >= 0.6 is 0 Å². The van der Waals surface area contributed by atoms with E-state index in [-0.39, 0.29) is 24.3 Å². The number of hydrogen-bond donors (Lipinski definition) is 2. The minimum atomic E-state index is -0.357. The monoisotopic (exact) mass is 374 g/mol. The molecule has 1 saturated carbocycles. The Kier molecular flexibility index (Phi) is 5.71. The van der Waals surface area contributed by atoms with E-state index in [2.05, 4.69) is 30.3 Å². The van der Waals surface area contributed by atoms with Crippen LogP contribution in [0.25, 0.3) is 0 Å². The molecule has 2 amide bonds. The molecule has 1 saturated heterocycles. The zero-order chi connectivity index (χ0) is 18.6. The van der Waals surface area contributed by atoms with Gasteiger partial charge in [0.1, 0.15) is 5.82 Å². The van der Waals surface area contributed by atoms with Crippen molar-refractivity contribution < 1.29 is 9.59 Å². The van der Waals surface area contributed by atoms with Crippen molar-refractivity contribution in [1.82, 2.24) is 30.3 Å². The third-order valence-electron chi connectivity index (χ3n) is 6.17. The average Bonchev–Trinajstić information content (AvgIpc) is 3.28. The molecule has 3 aliphatic rings. The van der Waals surface area contributed by atoms with Gasteiger partial charge in [0, 0.05) is 32.6 Å². The Bertz CT molecular complexity index is 682. The third kappa shape index (κ3) is 4.31. The van der Waals surface area contributed by atoms with Crippen molar-refractivity contribution in [3.8, 4) is 0 Å². The molecule has 0 bridgehead atoms. The smallest absolute Gasteiger partial charge is 0.237 e. The van der Waals surface area contributed by atoms with E-state index >= 15 is 0 Å². The molecule has 3 heterocycles. The van der Waals surface area contributed by atoms with Crippen molar-refractivity contribution in [1.29, 1.82) is 0 Å². The number of aryl methyl sites for hydroxylation is 1. The van der Waals surface area contributed by atoms with E-state index in [0.717, 1.165) is 44.1 Å². The van der Waals surface area contributed by atoms with Crippen LogP contribution in [0.5, 0.6) is 0 Å². The number of nitrogens with zero attached hydrogens (tertiary/aromatic N) is 4. The van der Waals surface area contributed by atoms with Gasteiger partial charge in [0.2, 0.25) is 11.8 Å². The lowest BCUT2D eigenvalue weighted by molar-refractivity contribution is -0.134. The van der Waals surface area contributed by atoms with Gasteiger partial charge in [-0.05, 0) is 25.2 Å². The minimum absolute atomic E-state index is 0.0180. The van der Waals surface area contributed by atoms with Gasteiger partial charge in [-0.15, -0.1) is 10.2 Å². The molecule has 0 aromatic carbocycles. The Balaban J connectivity index is 1.31. The van der Waals surface area contributed by atoms with Gasteiger partial charge in [-0.25, -0.2) is 0 Å². The van der Waals surface area contributed by atoms with Crippen LogP contribution in [0.3, 0.4) is 0 Å². The maximum absolute atomic E-state index is 12.5. The van der Waals surface area contributed by atoms with Gasteiger partial charge in [0.15, 0.2) is 5.82 Å². The topological polar surface area (TPSA) is 92.2 Å². The first-order valence-electron chi connectivity index (χ1n) is 10.4. The molecular weight excluding hydrogens is 344 g/mol. The molecule has 1 aliphatic carbocycles. The largest absolute Gasteiger partial charge is 0.353 e. The second-order valence-corrected chi connectivity index (χ2v) is 8.07. The summed E-state index contributed by atoms with van der Waals surface area (Å²) in [7, 11) is 0. The molecule has 1 aromatic heterocycles. The predicted molar refractivity (Wildman–Crippen MR) is 99.8 cm³/mol. The summed E-state index contributed by atoms with van der Waals surface area (Å²) >= 11 is 0. The van der Waals surface area contributed by atoms with E-state index in [1.165, 1.54) is 32.1 Å². The van der Waals surface area contributed by atoms with Crippen molar-refractivity contribution in [3.63, 3.8) is 0 Å². The van der Waals surface area contributed by atoms with Crippen molar-refractivity contribution >= 4 is 11.8 Å². The summed E-state index contributed by atoms with van der Waals surface area (Å²) in [5, 5.41) is 14.2.